The Kier molecular flexibility index (Phi) is 1.69. The Morgan fingerprint density at radius 2 is 2.55 bits per heavy atom. The first-order valence-electron chi connectivity index (χ1n) is 3.52. The van der Waals surface area contributed by atoms with E-state index in [9.17, 15) is 0 Å². The van der Waals surface area contributed by atoms with Gasteiger partial charge in [0.05, 0.1) is 6.20 Å². The Bertz CT molecular complexity index is 290. The van der Waals surface area contributed by atoms with Gasteiger partial charge in [0.15, 0.2) is 0 Å². The molecule has 58 valence electrons. The molecule has 2 heterocycles. The van der Waals surface area contributed by atoms with Crippen LogP contribution in [0.5, 0.6) is 0 Å². The zero-order valence-corrected chi connectivity index (χ0v) is 7.14. The molecule has 0 radical (unpaired) electrons. The minimum Gasteiger partial charge on any atom is -0.277 e. The molecule has 2 rings (SSSR count). The molecule has 0 spiro atoms. The highest BCUT2D eigenvalue weighted by Gasteiger charge is 2.10. The van der Waals surface area contributed by atoms with Crippen molar-refractivity contribution >= 4 is 16.8 Å². The van der Waals surface area contributed by atoms with Crippen LogP contribution < -0.4 is 0 Å². The van der Waals surface area contributed by atoms with Crippen LogP contribution in [0.2, 0.25) is 0 Å². The summed E-state index contributed by atoms with van der Waals surface area (Å²) in [5, 5.41) is 5.22. The fraction of sp³-hybridized carbons (Fsp3) is 0.429. The predicted molar refractivity (Wildman–Crippen MR) is 47.1 cm³/mol. The molecule has 11 heavy (non-hydrogen) atoms. The summed E-state index contributed by atoms with van der Waals surface area (Å²) in [5.41, 5.74) is 1.15. The summed E-state index contributed by atoms with van der Waals surface area (Å²) in [7, 11) is 1.92. The van der Waals surface area contributed by atoms with Gasteiger partial charge < -0.3 is 0 Å². The van der Waals surface area contributed by atoms with Crippen LogP contribution in [0.1, 0.15) is 5.56 Å². The van der Waals surface area contributed by atoms with Crippen molar-refractivity contribution in [2.75, 3.05) is 12.3 Å². The summed E-state index contributed by atoms with van der Waals surface area (Å²) in [6.45, 7) is 0.953. The third-order valence-electron chi connectivity index (χ3n) is 1.54. The zero-order valence-electron chi connectivity index (χ0n) is 6.32. The Balaban J connectivity index is 2.28. The van der Waals surface area contributed by atoms with Crippen molar-refractivity contribution < 1.29 is 0 Å². The number of aromatic nitrogens is 2. The van der Waals surface area contributed by atoms with Gasteiger partial charge >= 0.3 is 0 Å². The summed E-state index contributed by atoms with van der Waals surface area (Å²) < 4.78 is 1.80. The lowest BCUT2D eigenvalue weighted by Crippen LogP contribution is -1.88. The minimum absolute atomic E-state index is 0.953. The Morgan fingerprint density at radius 1 is 1.64 bits per heavy atom. The van der Waals surface area contributed by atoms with E-state index >= 15 is 0 Å². The van der Waals surface area contributed by atoms with E-state index in [-0.39, 0.29) is 0 Å². The van der Waals surface area contributed by atoms with Crippen molar-refractivity contribution in [2.24, 2.45) is 12.0 Å². The zero-order chi connectivity index (χ0) is 7.68. The number of aryl methyl sites for hydroxylation is 1. The predicted octanol–water partition coefficient (Wildman–Crippen LogP) is 0.913. The van der Waals surface area contributed by atoms with Gasteiger partial charge in [0.2, 0.25) is 0 Å². The highest BCUT2D eigenvalue weighted by atomic mass is 32.2. The van der Waals surface area contributed by atoms with E-state index in [1.165, 1.54) is 0 Å². The fourth-order valence-electron chi connectivity index (χ4n) is 1.04. The maximum absolute atomic E-state index is 4.35. The molecular formula is C7H9N3S. The van der Waals surface area contributed by atoms with Gasteiger partial charge in [0, 0.05) is 31.1 Å². The lowest BCUT2D eigenvalue weighted by molar-refractivity contribution is 0.767. The van der Waals surface area contributed by atoms with Gasteiger partial charge in [-0.2, -0.15) is 5.10 Å². The molecular weight excluding hydrogens is 158 g/mol. The smallest absolute Gasteiger partial charge is 0.101 e. The maximum atomic E-state index is 4.35. The van der Waals surface area contributed by atoms with Crippen LogP contribution in [0.3, 0.4) is 0 Å². The van der Waals surface area contributed by atoms with Crippen molar-refractivity contribution in [1.29, 1.82) is 0 Å². The van der Waals surface area contributed by atoms with Crippen LogP contribution in [-0.4, -0.2) is 27.1 Å². The summed E-state index contributed by atoms with van der Waals surface area (Å²) >= 11 is 1.81. The second-order valence-corrected chi connectivity index (χ2v) is 3.52. The van der Waals surface area contributed by atoms with Crippen LogP contribution >= 0.6 is 11.8 Å². The summed E-state index contributed by atoms with van der Waals surface area (Å²) in [6, 6.07) is 0. The van der Waals surface area contributed by atoms with E-state index in [4.69, 9.17) is 0 Å². The van der Waals surface area contributed by atoms with Crippen LogP contribution in [0, 0.1) is 0 Å². The van der Waals surface area contributed by atoms with Crippen molar-refractivity contribution in [3.8, 4) is 0 Å². The lowest BCUT2D eigenvalue weighted by Gasteiger charge is -1.90. The van der Waals surface area contributed by atoms with Gasteiger partial charge in [-0.3, -0.25) is 9.67 Å². The molecule has 0 saturated heterocycles. The number of hydrogen-bond acceptors (Lipinski definition) is 3. The van der Waals surface area contributed by atoms with Crippen LogP contribution in [0.15, 0.2) is 17.4 Å². The molecule has 1 aliphatic heterocycles. The molecule has 0 saturated carbocycles. The molecule has 0 amide bonds. The Labute approximate surface area is 69.5 Å². The van der Waals surface area contributed by atoms with Gasteiger partial charge in [-0.15, -0.1) is 11.8 Å². The molecule has 0 atom stereocenters. The highest BCUT2D eigenvalue weighted by molar-refractivity contribution is 8.14. The molecule has 0 N–H and O–H groups in total. The lowest BCUT2D eigenvalue weighted by atomic mass is 10.4. The van der Waals surface area contributed by atoms with E-state index < -0.39 is 0 Å². The molecule has 4 heteroatoms. The third-order valence-corrected chi connectivity index (χ3v) is 2.56. The van der Waals surface area contributed by atoms with Crippen molar-refractivity contribution in [2.45, 2.75) is 0 Å². The quantitative estimate of drug-likeness (QED) is 0.622. The molecule has 0 aromatic carbocycles. The van der Waals surface area contributed by atoms with Gasteiger partial charge in [0.1, 0.15) is 5.04 Å². The molecule has 1 aromatic rings. The number of nitrogens with zero attached hydrogens (tertiary/aromatic N) is 3. The first-order chi connectivity index (χ1) is 5.36. The van der Waals surface area contributed by atoms with E-state index in [0.29, 0.717) is 0 Å². The first-order valence-corrected chi connectivity index (χ1v) is 4.51. The average Bonchev–Trinajstić information content (AvgIpc) is 2.55. The van der Waals surface area contributed by atoms with Crippen LogP contribution in [0.25, 0.3) is 0 Å². The van der Waals surface area contributed by atoms with Gasteiger partial charge in [-0.25, -0.2) is 0 Å². The highest BCUT2D eigenvalue weighted by Crippen LogP contribution is 2.17. The summed E-state index contributed by atoms with van der Waals surface area (Å²) in [6.07, 6.45) is 3.86. The molecule has 0 aliphatic carbocycles. The van der Waals surface area contributed by atoms with Crippen molar-refractivity contribution in [3.63, 3.8) is 0 Å². The Hall–Kier alpha value is -0.770. The number of thioether (sulfide) groups is 1. The maximum Gasteiger partial charge on any atom is 0.101 e. The molecule has 1 aromatic heterocycles. The van der Waals surface area contributed by atoms with Crippen molar-refractivity contribution in [3.05, 3.63) is 18.0 Å². The molecule has 1 aliphatic rings. The SMILES string of the molecule is Cn1cc(C2=NCCS2)cn1. The molecule has 0 fully saturated rings. The molecule has 0 unspecified atom stereocenters. The second-order valence-electron chi connectivity index (χ2n) is 2.44. The van der Waals surface area contributed by atoms with E-state index in [1.54, 1.807) is 16.4 Å². The largest absolute Gasteiger partial charge is 0.277 e. The standard InChI is InChI=1S/C7H9N3S/c1-10-5-6(4-9-10)7-8-2-3-11-7/h4-5H,2-3H2,1H3. The fourth-order valence-corrected chi connectivity index (χ4v) is 1.87. The first kappa shape index (κ1) is 6.91. The topological polar surface area (TPSA) is 30.2 Å². The Morgan fingerprint density at radius 3 is 3.09 bits per heavy atom. The van der Waals surface area contributed by atoms with E-state index in [2.05, 4.69) is 10.1 Å². The van der Waals surface area contributed by atoms with E-state index in [0.717, 1.165) is 22.9 Å². The second kappa shape index (κ2) is 2.70. The van der Waals surface area contributed by atoms with E-state index in [1.807, 2.05) is 19.4 Å². The minimum atomic E-state index is 0.953. The number of aliphatic imine (C=N–C) groups is 1. The van der Waals surface area contributed by atoms with Crippen molar-refractivity contribution in [1.82, 2.24) is 9.78 Å². The number of hydrogen-bond donors (Lipinski definition) is 0. The molecule has 0 bridgehead atoms. The van der Waals surface area contributed by atoms with Crippen LogP contribution in [0.4, 0.5) is 0 Å². The normalized spacial score (nSPS) is 17.0. The van der Waals surface area contributed by atoms with Crippen LogP contribution in [-0.2, 0) is 7.05 Å². The van der Waals surface area contributed by atoms with Gasteiger partial charge in [0.25, 0.3) is 0 Å². The third kappa shape index (κ3) is 1.30. The monoisotopic (exact) mass is 167 g/mol. The van der Waals surface area contributed by atoms with Gasteiger partial charge in [-0.1, -0.05) is 0 Å². The average molecular weight is 167 g/mol. The summed E-state index contributed by atoms with van der Waals surface area (Å²) in [5.74, 6) is 1.12. The number of rotatable bonds is 1. The summed E-state index contributed by atoms with van der Waals surface area (Å²) in [4.78, 5) is 4.35. The van der Waals surface area contributed by atoms with Gasteiger partial charge in [-0.05, 0) is 0 Å². The molecule has 3 nitrogen and oxygen atoms in total.